The Kier molecular flexibility index (Phi) is 7.03. The van der Waals surface area contributed by atoms with Crippen LogP contribution in [-0.2, 0) is 19.5 Å². The lowest BCUT2D eigenvalue weighted by Gasteiger charge is -2.37. The Labute approximate surface area is 199 Å². The molecule has 1 aromatic heterocycles. The van der Waals surface area contributed by atoms with E-state index in [0.29, 0.717) is 11.4 Å². The summed E-state index contributed by atoms with van der Waals surface area (Å²) in [6.45, 7) is 10.7. The van der Waals surface area contributed by atoms with E-state index in [-0.39, 0.29) is 6.04 Å². The van der Waals surface area contributed by atoms with Crippen molar-refractivity contribution in [1.29, 1.82) is 0 Å². The molecule has 2 aliphatic rings. The fraction of sp³-hybridized carbons (Fsp3) is 0.680. The van der Waals surface area contributed by atoms with Crippen LogP contribution in [0.15, 0.2) is 30.5 Å². The maximum Gasteiger partial charge on any atom is 0.497 e. The number of hydrogen-bond acceptors (Lipinski definition) is 4. The highest BCUT2D eigenvalue weighted by atomic mass is 32.2. The van der Waals surface area contributed by atoms with Gasteiger partial charge in [0.15, 0.2) is 0 Å². The third kappa shape index (κ3) is 4.90. The summed E-state index contributed by atoms with van der Waals surface area (Å²) in [5, 5.41) is 0.846. The van der Waals surface area contributed by atoms with Gasteiger partial charge in [0.2, 0.25) is 0 Å². The largest absolute Gasteiger partial charge is 0.497 e. The van der Waals surface area contributed by atoms with Crippen LogP contribution in [0.2, 0.25) is 0 Å². The van der Waals surface area contributed by atoms with Crippen LogP contribution in [0.4, 0.5) is 0 Å². The van der Waals surface area contributed by atoms with Gasteiger partial charge < -0.3 is 9.31 Å². The number of para-hydroxylation sites is 1. The number of nitrogens with one attached hydrogen (secondary N) is 1. The minimum Gasteiger partial charge on any atom is -0.399 e. The fourth-order valence-electron chi connectivity index (χ4n) is 5.06. The summed E-state index contributed by atoms with van der Waals surface area (Å²) < 4.78 is 44.1. The maximum absolute atomic E-state index is 13.4. The molecule has 8 heteroatoms. The molecule has 0 radical (unpaired) electrons. The topological polar surface area (TPSA) is 69.6 Å². The molecule has 4 rings (SSSR count). The van der Waals surface area contributed by atoms with Crippen molar-refractivity contribution in [2.24, 2.45) is 5.92 Å². The zero-order valence-electron chi connectivity index (χ0n) is 20.8. The number of aromatic nitrogens is 1. The molecule has 33 heavy (non-hydrogen) atoms. The van der Waals surface area contributed by atoms with Crippen molar-refractivity contribution in [2.45, 2.75) is 103 Å². The highest BCUT2D eigenvalue weighted by Crippen LogP contribution is 2.41. The van der Waals surface area contributed by atoms with E-state index in [9.17, 15) is 8.42 Å². The summed E-state index contributed by atoms with van der Waals surface area (Å²) in [6.07, 6.45) is 9.89. The molecule has 1 saturated heterocycles. The maximum atomic E-state index is 13.4. The summed E-state index contributed by atoms with van der Waals surface area (Å²) in [6, 6.07) is 7.59. The average molecular weight is 474 g/mol. The quantitative estimate of drug-likeness (QED) is 0.560. The van der Waals surface area contributed by atoms with Gasteiger partial charge in [0.25, 0.3) is 0 Å². The van der Waals surface area contributed by atoms with Gasteiger partial charge in [-0.15, -0.1) is 0 Å². The van der Waals surface area contributed by atoms with Crippen molar-refractivity contribution in [3.63, 3.8) is 0 Å². The predicted molar refractivity (Wildman–Crippen MR) is 135 cm³/mol. The van der Waals surface area contributed by atoms with Gasteiger partial charge in [-0.3, -0.25) is 0 Å². The van der Waals surface area contributed by atoms with Crippen molar-refractivity contribution in [2.75, 3.05) is 0 Å². The van der Waals surface area contributed by atoms with E-state index in [1.54, 1.807) is 6.20 Å². The van der Waals surface area contributed by atoms with E-state index >= 15 is 0 Å². The first kappa shape index (κ1) is 24.8. The second-order valence-electron chi connectivity index (χ2n) is 10.7. The highest BCUT2D eigenvalue weighted by molar-refractivity contribution is 7.88. The number of fused-ring (bicyclic) bond motifs is 1. The Balaban J connectivity index is 1.65. The SMILES string of the molecule is CCC(C)CCC1(C)OB(c2cn(S(=O)(=O)NC3CCCCC3)c3ccccc23)OC1(C)C. The molecule has 1 N–H and O–H groups in total. The van der Waals surface area contributed by atoms with Gasteiger partial charge >= 0.3 is 17.3 Å². The van der Waals surface area contributed by atoms with Crippen molar-refractivity contribution in [3.05, 3.63) is 30.5 Å². The Morgan fingerprint density at radius 2 is 1.85 bits per heavy atom. The molecule has 0 amide bonds. The number of hydrogen-bond donors (Lipinski definition) is 1. The lowest BCUT2D eigenvalue weighted by atomic mass is 9.79. The molecule has 2 atom stereocenters. The first-order valence-corrected chi connectivity index (χ1v) is 14.0. The van der Waals surface area contributed by atoms with E-state index < -0.39 is 28.5 Å². The summed E-state index contributed by atoms with van der Waals surface area (Å²) in [5.74, 6) is 0.623. The molecule has 1 aliphatic heterocycles. The van der Waals surface area contributed by atoms with Crippen LogP contribution in [0.3, 0.4) is 0 Å². The standard InChI is InChI=1S/C25H39BN2O4S/c1-6-19(2)16-17-25(5)24(3,4)31-26(32-25)22-18-28(23-15-11-10-14-21(22)23)33(29,30)27-20-12-8-7-9-13-20/h10-11,14-15,18-20,27H,6-9,12-13,16-17H2,1-5H3. The molecular formula is C25H39BN2O4S. The van der Waals surface area contributed by atoms with E-state index in [2.05, 4.69) is 39.3 Å². The molecule has 2 unspecified atom stereocenters. The fourth-order valence-corrected chi connectivity index (χ4v) is 6.50. The Bertz CT molecular complexity index is 1080. The highest BCUT2D eigenvalue weighted by Gasteiger charge is 2.55. The van der Waals surface area contributed by atoms with Gasteiger partial charge in [0.1, 0.15) is 0 Å². The summed E-state index contributed by atoms with van der Waals surface area (Å²) >= 11 is 0. The van der Waals surface area contributed by atoms with E-state index in [1.807, 2.05) is 24.3 Å². The molecule has 2 heterocycles. The molecule has 2 fully saturated rings. The van der Waals surface area contributed by atoms with Crippen molar-refractivity contribution >= 4 is 33.7 Å². The first-order chi connectivity index (χ1) is 15.6. The van der Waals surface area contributed by atoms with Crippen molar-refractivity contribution in [1.82, 2.24) is 8.69 Å². The number of rotatable bonds is 8. The van der Waals surface area contributed by atoms with Gasteiger partial charge in [-0.25, -0.2) is 3.97 Å². The first-order valence-electron chi connectivity index (χ1n) is 12.5. The van der Waals surface area contributed by atoms with Crippen LogP contribution in [0.1, 0.15) is 86.0 Å². The van der Waals surface area contributed by atoms with E-state index in [4.69, 9.17) is 9.31 Å². The molecule has 6 nitrogen and oxygen atoms in total. The lowest BCUT2D eigenvalue weighted by Crippen LogP contribution is -2.45. The monoisotopic (exact) mass is 474 g/mol. The van der Waals surface area contributed by atoms with Crippen LogP contribution in [-0.4, -0.2) is 36.8 Å². The second-order valence-corrected chi connectivity index (χ2v) is 12.3. The van der Waals surface area contributed by atoms with Crippen LogP contribution in [0.25, 0.3) is 10.9 Å². The zero-order chi connectivity index (χ0) is 23.9. The third-order valence-corrected chi connectivity index (χ3v) is 9.45. The molecule has 1 saturated carbocycles. The average Bonchev–Trinajstić information content (AvgIpc) is 3.28. The predicted octanol–water partition coefficient (Wildman–Crippen LogP) is 4.76. The van der Waals surface area contributed by atoms with Crippen LogP contribution in [0.5, 0.6) is 0 Å². The Morgan fingerprint density at radius 3 is 2.55 bits per heavy atom. The van der Waals surface area contributed by atoms with Crippen LogP contribution >= 0.6 is 0 Å². The smallest absolute Gasteiger partial charge is 0.399 e. The van der Waals surface area contributed by atoms with E-state index in [1.165, 1.54) is 10.4 Å². The van der Waals surface area contributed by atoms with Crippen LogP contribution < -0.4 is 10.2 Å². The van der Waals surface area contributed by atoms with Gasteiger partial charge in [-0.2, -0.15) is 13.1 Å². The lowest BCUT2D eigenvalue weighted by molar-refractivity contribution is -0.0193. The molecule has 0 bridgehead atoms. The second kappa shape index (κ2) is 9.36. The minimum absolute atomic E-state index is 0.00452. The van der Waals surface area contributed by atoms with Crippen molar-refractivity contribution in [3.8, 4) is 0 Å². The Morgan fingerprint density at radius 1 is 1.15 bits per heavy atom. The third-order valence-electron chi connectivity index (χ3n) is 8.00. The van der Waals surface area contributed by atoms with Gasteiger partial charge in [-0.1, -0.05) is 57.7 Å². The van der Waals surface area contributed by atoms with Gasteiger partial charge in [0, 0.05) is 23.1 Å². The zero-order valence-corrected chi connectivity index (χ0v) is 21.6. The summed E-state index contributed by atoms with van der Waals surface area (Å²) in [5.41, 5.74) is 0.464. The molecule has 182 valence electrons. The van der Waals surface area contributed by atoms with Crippen molar-refractivity contribution < 1.29 is 17.7 Å². The number of benzene rings is 1. The van der Waals surface area contributed by atoms with Gasteiger partial charge in [-0.05, 0) is 58.4 Å². The molecular weight excluding hydrogens is 435 g/mol. The molecule has 1 aromatic carbocycles. The molecule has 2 aromatic rings. The summed E-state index contributed by atoms with van der Waals surface area (Å²) in [4.78, 5) is 0. The summed E-state index contributed by atoms with van der Waals surface area (Å²) in [7, 11) is -4.34. The van der Waals surface area contributed by atoms with E-state index in [0.717, 1.165) is 55.8 Å². The number of nitrogens with zero attached hydrogens (tertiary/aromatic N) is 1. The normalized spacial score (nSPS) is 25.1. The van der Waals surface area contributed by atoms with Crippen LogP contribution in [0, 0.1) is 5.92 Å². The minimum atomic E-state index is -3.72. The molecule has 1 aliphatic carbocycles. The molecule has 0 spiro atoms. The Hall–Kier alpha value is -1.35. The van der Waals surface area contributed by atoms with Gasteiger partial charge in [0.05, 0.1) is 16.7 Å².